The SMILES string of the molecule is Fc1cc2c(c(N3[C@H]4CNC[C@H](C4)[C@@H]3C(F)(F)F)c1)N=C(C1CC1)NS2. The minimum atomic E-state index is -4.37. The molecule has 1 aromatic rings. The van der Waals surface area contributed by atoms with Crippen molar-refractivity contribution in [3.05, 3.63) is 17.9 Å². The first kappa shape index (κ1) is 16.7. The molecule has 3 atom stereocenters. The molecule has 1 aliphatic carbocycles. The zero-order valence-corrected chi connectivity index (χ0v) is 14.6. The molecule has 0 unspecified atom stereocenters. The molecule has 2 saturated heterocycles. The second-order valence-corrected chi connectivity index (χ2v) is 8.30. The van der Waals surface area contributed by atoms with E-state index in [9.17, 15) is 17.6 Å². The van der Waals surface area contributed by atoms with Crippen molar-refractivity contribution < 1.29 is 17.6 Å². The molecule has 1 saturated carbocycles. The predicted molar refractivity (Wildman–Crippen MR) is 92.3 cm³/mol. The molecule has 3 fully saturated rings. The van der Waals surface area contributed by atoms with Crippen LogP contribution in [0.1, 0.15) is 19.3 Å². The standard InChI is InChI=1S/C17H18F4N4S/c18-10-4-12(14-13(5-10)26-24-16(23-14)8-1-2-8)25-11-3-9(6-22-7-11)15(25)17(19,20)21/h4-5,8-9,11,15,22H,1-3,6-7H2,(H,23,24)/t9-,11+,15+/m0/s1. The van der Waals surface area contributed by atoms with Gasteiger partial charge in [0.25, 0.3) is 0 Å². The van der Waals surface area contributed by atoms with Crippen molar-refractivity contribution in [1.82, 2.24) is 10.0 Å². The lowest BCUT2D eigenvalue weighted by atomic mass is 9.96. The Bertz CT molecular complexity index is 777. The number of hydrogen-bond acceptors (Lipinski definition) is 5. The van der Waals surface area contributed by atoms with Crippen LogP contribution in [0.25, 0.3) is 0 Å². The third-order valence-corrected chi connectivity index (χ3v) is 6.44. The van der Waals surface area contributed by atoms with Gasteiger partial charge in [-0.2, -0.15) is 13.2 Å². The fourth-order valence-corrected chi connectivity index (χ4v) is 5.20. The molecule has 0 amide bonds. The van der Waals surface area contributed by atoms with Crippen LogP contribution in [0.5, 0.6) is 0 Å². The fraction of sp³-hybridized carbons (Fsp3) is 0.588. The lowest BCUT2D eigenvalue weighted by Crippen LogP contribution is -2.47. The van der Waals surface area contributed by atoms with Gasteiger partial charge in [-0.25, -0.2) is 9.38 Å². The summed E-state index contributed by atoms with van der Waals surface area (Å²) in [6.07, 6.45) is -1.84. The van der Waals surface area contributed by atoms with Gasteiger partial charge in [0, 0.05) is 31.0 Å². The molecule has 2 bridgehead atoms. The molecule has 2 N–H and O–H groups in total. The van der Waals surface area contributed by atoms with Gasteiger partial charge in [0.2, 0.25) is 0 Å². The van der Waals surface area contributed by atoms with E-state index in [0.717, 1.165) is 18.7 Å². The summed E-state index contributed by atoms with van der Waals surface area (Å²) in [6.45, 7) is 0.806. The molecule has 4 aliphatic rings. The normalized spacial score (nSPS) is 30.7. The zero-order valence-electron chi connectivity index (χ0n) is 13.8. The van der Waals surface area contributed by atoms with Crippen molar-refractivity contribution in [2.24, 2.45) is 16.8 Å². The van der Waals surface area contributed by atoms with Gasteiger partial charge in [0.05, 0.1) is 10.6 Å². The van der Waals surface area contributed by atoms with Crippen LogP contribution >= 0.6 is 11.9 Å². The maximum atomic E-state index is 14.2. The van der Waals surface area contributed by atoms with E-state index in [1.54, 1.807) is 0 Å². The van der Waals surface area contributed by atoms with Crippen LogP contribution in [0, 0.1) is 17.7 Å². The monoisotopic (exact) mass is 386 g/mol. The smallest absolute Gasteiger partial charge is 0.353 e. The maximum absolute atomic E-state index is 14.2. The maximum Gasteiger partial charge on any atom is 0.409 e. The first-order chi connectivity index (χ1) is 12.4. The molecule has 0 radical (unpaired) electrons. The Morgan fingerprint density at radius 3 is 2.73 bits per heavy atom. The molecule has 0 spiro atoms. The molecule has 0 aromatic heterocycles. The first-order valence-corrected chi connectivity index (χ1v) is 9.64. The highest BCUT2D eigenvalue weighted by atomic mass is 32.2. The highest BCUT2D eigenvalue weighted by Gasteiger charge is 2.56. The Kier molecular flexibility index (Phi) is 3.69. The second kappa shape index (κ2) is 5.76. The lowest BCUT2D eigenvalue weighted by molar-refractivity contribution is -0.154. The Morgan fingerprint density at radius 1 is 1.19 bits per heavy atom. The molecular formula is C17H18F4N4S. The number of hydrogen-bond donors (Lipinski definition) is 2. The van der Waals surface area contributed by atoms with Crippen molar-refractivity contribution in [2.75, 3.05) is 18.0 Å². The highest BCUT2D eigenvalue weighted by molar-refractivity contribution is 7.98. The summed E-state index contributed by atoms with van der Waals surface area (Å²) < 4.78 is 58.9. The van der Waals surface area contributed by atoms with Gasteiger partial charge in [-0.3, -0.25) is 0 Å². The number of piperidine rings is 1. The van der Waals surface area contributed by atoms with E-state index in [-0.39, 0.29) is 11.7 Å². The summed E-state index contributed by atoms with van der Waals surface area (Å²) in [5, 5.41) is 3.09. The molecule has 5 rings (SSSR count). The number of rotatable bonds is 2. The molecule has 3 heterocycles. The molecule has 140 valence electrons. The number of aliphatic imine (C=N–C) groups is 1. The van der Waals surface area contributed by atoms with E-state index in [4.69, 9.17) is 0 Å². The van der Waals surface area contributed by atoms with Gasteiger partial charge in [-0.1, -0.05) is 0 Å². The van der Waals surface area contributed by atoms with Crippen LogP contribution in [0.4, 0.5) is 28.9 Å². The highest BCUT2D eigenvalue weighted by Crippen LogP contribution is 2.50. The number of fused-ring (bicyclic) bond motifs is 3. The van der Waals surface area contributed by atoms with Crippen molar-refractivity contribution >= 4 is 29.2 Å². The van der Waals surface area contributed by atoms with Crippen LogP contribution in [-0.2, 0) is 0 Å². The zero-order chi connectivity index (χ0) is 18.1. The molecule has 1 aromatic carbocycles. The number of nitrogens with one attached hydrogen (secondary N) is 2. The minimum absolute atomic E-state index is 0.269. The molecule has 3 aliphatic heterocycles. The van der Waals surface area contributed by atoms with Crippen molar-refractivity contribution in [2.45, 2.75) is 42.4 Å². The van der Waals surface area contributed by atoms with Gasteiger partial charge < -0.3 is 14.9 Å². The third kappa shape index (κ3) is 2.67. The number of halogens is 4. The molecule has 4 nitrogen and oxygen atoms in total. The van der Waals surface area contributed by atoms with Crippen LogP contribution < -0.4 is 14.9 Å². The lowest BCUT2D eigenvalue weighted by Gasteiger charge is -2.35. The number of anilines is 1. The van der Waals surface area contributed by atoms with E-state index in [2.05, 4.69) is 15.0 Å². The summed E-state index contributed by atoms with van der Waals surface area (Å²) in [5.41, 5.74) is 0.740. The van der Waals surface area contributed by atoms with Gasteiger partial charge in [-0.15, -0.1) is 0 Å². The van der Waals surface area contributed by atoms with E-state index in [1.807, 2.05) is 0 Å². The van der Waals surface area contributed by atoms with E-state index in [1.165, 1.54) is 29.0 Å². The Morgan fingerprint density at radius 2 is 2.00 bits per heavy atom. The predicted octanol–water partition coefficient (Wildman–Crippen LogP) is 3.61. The summed E-state index contributed by atoms with van der Waals surface area (Å²) >= 11 is 1.24. The average Bonchev–Trinajstić information content (AvgIpc) is 3.39. The van der Waals surface area contributed by atoms with E-state index in [0.29, 0.717) is 36.0 Å². The van der Waals surface area contributed by atoms with Crippen LogP contribution in [0.15, 0.2) is 22.0 Å². The molecular weight excluding hydrogens is 368 g/mol. The van der Waals surface area contributed by atoms with Gasteiger partial charge in [-0.05, 0) is 43.3 Å². The van der Waals surface area contributed by atoms with Crippen LogP contribution in [0.3, 0.4) is 0 Å². The Balaban J connectivity index is 1.64. The Labute approximate surface area is 152 Å². The van der Waals surface area contributed by atoms with Gasteiger partial charge in [0.1, 0.15) is 23.4 Å². The minimum Gasteiger partial charge on any atom is -0.353 e. The summed E-state index contributed by atoms with van der Waals surface area (Å²) in [7, 11) is 0. The van der Waals surface area contributed by atoms with Crippen LogP contribution in [0.2, 0.25) is 0 Å². The van der Waals surface area contributed by atoms with E-state index < -0.39 is 24.0 Å². The van der Waals surface area contributed by atoms with Crippen LogP contribution in [-0.4, -0.2) is 37.2 Å². The first-order valence-electron chi connectivity index (χ1n) is 8.82. The second-order valence-electron chi connectivity index (χ2n) is 7.45. The van der Waals surface area contributed by atoms with E-state index >= 15 is 0 Å². The van der Waals surface area contributed by atoms with Gasteiger partial charge >= 0.3 is 6.18 Å². The Hall–Kier alpha value is -1.48. The average molecular weight is 386 g/mol. The van der Waals surface area contributed by atoms with Crippen molar-refractivity contribution in [3.63, 3.8) is 0 Å². The summed E-state index contributed by atoms with van der Waals surface area (Å²) in [6, 6.07) is 0.656. The summed E-state index contributed by atoms with van der Waals surface area (Å²) in [4.78, 5) is 6.54. The topological polar surface area (TPSA) is 39.7 Å². The van der Waals surface area contributed by atoms with Crippen molar-refractivity contribution in [3.8, 4) is 0 Å². The molecule has 26 heavy (non-hydrogen) atoms. The quantitative estimate of drug-likeness (QED) is 0.602. The van der Waals surface area contributed by atoms with Crippen molar-refractivity contribution in [1.29, 1.82) is 0 Å². The number of amidine groups is 1. The number of alkyl halides is 3. The molecule has 9 heteroatoms. The number of benzene rings is 1. The van der Waals surface area contributed by atoms with Gasteiger partial charge in [0.15, 0.2) is 0 Å². The third-order valence-electron chi connectivity index (χ3n) is 5.60. The largest absolute Gasteiger partial charge is 0.409 e. The number of nitrogens with zero attached hydrogens (tertiary/aromatic N) is 2. The summed E-state index contributed by atoms with van der Waals surface area (Å²) in [5.74, 6) is 0.0769. The fourth-order valence-electron chi connectivity index (χ4n) is 4.36.